The van der Waals surface area contributed by atoms with Crippen LogP contribution in [-0.2, 0) is 21.4 Å². The maximum Gasteiger partial charge on any atom is 0.268 e. The monoisotopic (exact) mass is 500 g/mol. The predicted octanol–water partition coefficient (Wildman–Crippen LogP) is 4.69. The molecular weight excluding hydrogens is 472 g/mol. The molecule has 0 saturated heterocycles. The Kier molecular flexibility index (Phi) is 7.38. The van der Waals surface area contributed by atoms with Crippen molar-refractivity contribution in [2.75, 3.05) is 25.1 Å². The Morgan fingerprint density at radius 2 is 1.75 bits per heavy atom. The summed E-state index contributed by atoms with van der Waals surface area (Å²) < 4.78 is 28.3. The van der Waals surface area contributed by atoms with Crippen LogP contribution >= 0.6 is 0 Å². The molecule has 0 spiro atoms. The van der Waals surface area contributed by atoms with Gasteiger partial charge < -0.3 is 16.0 Å². The van der Waals surface area contributed by atoms with Crippen LogP contribution in [0.4, 0.5) is 11.4 Å². The first kappa shape index (κ1) is 25.0. The zero-order valence-electron chi connectivity index (χ0n) is 20.1. The molecule has 7 nitrogen and oxygen atoms in total. The Morgan fingerprint density at radius 3 is 2.53 bits per heavy atom. The molecule has 0 aliphatic carbocycles. The average molecular weight is 501 g/mol. The molecule has 0 radical (unpaired) electrons. The largest absolute Gasteiger partial charge is 0.397 e. The number of amides is 1. The van der Waals surface area contributed by atoms with Crippen LogP contribution in [0, 0.1) is 0 Å². The molecule has 0 fully saturated rings. The van der Waals surface area contributed by atoms with Crippen molar-refractivity contribution in [2.24, 2.45) is 0 Å². The summed E-state index contributed by atoms with van der Waals surface area (Å²) in [7, 11) is 0.110. The summed E-state index contributed by atoms with van der Waals surface area (Å²) in [6.45, 7) is 0.750. The van der Waals surface area contributed by atoms with E-state index in [0.29, 0.717) is 22.5 Å². The first-order valence-corrected chi connectivity index (χ1v) is 12.8. The second-order valence-electron chi connectivity index (χ2n) is 8.62. The van der Waals surface area contributed by atoms with Crippen molar-refractivity contribution < 1.29 is 13.2 Å². The molecule has 4 rings (SSSR count). The minimum Gasteiger partial charge on any atom is -0.397 e. The van der Waals surface area contributed by atoms with E-state index in [1.165, 1.54) is 22.4 Å². The highest BCUT2D eigenvalue weighted by molar-refractivity contribution is 7.90. The zero-order chi connectivity index (χ0) is 25.7. The van der Waals surface area contributed by atoms with Crippen LogP contribution in [0.1, 0.15) is 11.1 Å². The van der Waals surface area contributed by atoms with Crippen molar-refractivity contribution in [1.29, 1.82) is 0 Å². The lowest BCUT2D eigenvalue weighted by Gasteiger charge is -2.14. The molecule has 4 aromatic rings. The Labute approximate surface area is 211 Å². The van der Waals surface area contributed by atoms with Gasteiger partial charge in [0.1, 0.15) is 0 Å². The summed E-state index contributed by atoms with van der Waals surface area (Å²) in [5.41, 5.74) is 9.95. The molecule has 1 aromatic heterocycles. The smallest absolute Gasteiger partial charge is 0.268 e. The van der Waals surface area contributed by atoms with Gasteiger partial charge in [0.2, 0.25) is 5.91 Å². The highest BCUT2D eigenvalue weighted by Crippen LogP contribution is 2.30. The van der Waals surface area contributed by atoms with Gasteiger partial charge in [-0.1, -0.05) is 48.5 Å². The molecule has 8 heteroatoms. The van der Waals surface area contributed by atoms with Gasteiger partial charge in [0.05, 0.1) is 16.3 Å². The van der Waals surface area contributed by atoms with Crippen molar-refractivity contribution in [3.05, 3.63) is 108 Å². The van der Waals surface area contributed by atoms with E-state index in [1.54, 1.807) is 48.5 Å². The summed E-state index contributed by atoms with van der Waals surface area (Å²) in [5, 5.41) is 2.71. The quantitative estimate of drug-likeness (QED) is 0.270. The molecule has 1 heterocycles. The van der Waals surface area contributed by atoms with E-state index >= 15 is 0 Å². The number of hydrogen-bond acceptors (Lipinski definition) is 5. The molecule has 36 heavy (non-hydrogen) atoms. The second-order valence-corrected chi connectivity index (χ2v) is 10.4. The van der Waals surface area contributed by atoms with Crippen LogP contribution in [0.25, 0.3) is 17.2 Å². The molecule has 0 unspecified atom stereocenters. The van der Waals surface area contributed by atoms with Gasteiger partial charge in [0, 0.05) is 30.6 Å². The molecule has 1 amide bonds. The van der Waals surface area contributed by atoms with E-state index in [-0.39, 0.29) is 10.8 Å². The number of hydrogen-bond donors (Lipinski definition) is 2. The van der Waals surface area contributed by atoms with Gasteiger partial charge in [-0.05, 0) is 67.2 Å². The number of nitrogens with zero attached hydrogens (tertiary/aromatic N) is 2. The number of anilines is 2. The van der Waals surface area contributed by atoms with E-state index in [0.717, 1.165) is 17.7 Å². The number of para-hydroxylation sites is 2. The lowest BCUT2D eigenvalue weighted by atomic mass is 10.0. The molecule has 0 bridgehead atoms. The number of nitrogen functional groups attached to an aromatic ring is 1. The fourth-order valence-corrected chi connectivity index (χ4v) is 5.27. The second kappa shape index (κ2) is 10.6. The summed E-state index contributed by atoms with van der Waals surface area (Å²) in [5.74, 6) is -0.369. The van der Waals surface area contributed by atoms with Gasteiger partial charge in [-0.25, -0.2) is 12.4 Å². The highest BCUT2D eigenvalue weighted by atomic mass is 32.2. The Bertz CT molecular complexity index is 1520. The maximum atomic E-state index is 13.6. The van der Waals surface area contributed by atoms with E-state index < -0.39 is 10.0 Å². The average Bonchev–Trinajstić information content (AvgIpc) is 3.34. The van der Waals surface area contributed by atoms with Crippen LogP contribution in [0.15, 0.2) is 102 Å². The first-order chi connectivity index (χ1) is 17.2. The minimum absolute atomic E-state index is 0.204. The van der Waals surface area contributed by atoms with E-state index in [9.17, 15) is 13.2 Å². The van der Waals surface area contributed by atoms with E-state index in [4.69, 9.17) is 5.73 Å². The number of aromatic nitrogens is 1. The van der Waals surface area contributed by atoms with Gasteiger partial charge >= 0.3 is 0 Å². The molecule has 3 N–H and O–H groups in total. The summed E-state index contributed by atoms with van der Waals surface area (Å²) in [4.78, 5) is 14.5. The number of carbonyl (C=O) groups excluding carboxylic acids is 1. The third kappa shape index (κ3) is 5.73. The van der Waals surface area contributed by atoms with E-state index in [1.807, 2.05) is 50.5 Å². The summed E-state index contributed by atoms with van der Waals surface area (Å²) in [6, 6.07) is 23.4. The van der Waals surface area contributed by atoms with E-state index in [2.05, 4.69) is 10.2 Å². The Hall–Kier alpha value is -4.14. The van der Waals surface area contributed by atoms with Crippen molar-refractivity contribution in [3.8, 4) is 11.1 Å². The number of nitrogens with one attached hydrogen (secondary N) is 1. The van der Waals surface area contributed by atoms with Crippen molar-refractivity contribution >= 4 is 33.4 Å². The van der Waals surface area contributed by atoms with Gasteiger partial charge in [0.25, 0.3) is 10.0 Å². The maximum absolute atomic E-state index is 13.6. The number of rotatable bonds is 8. The standard InChI is InChI=1S/C28H28N4O3S/c1-31(2)19-22-8-7-9-23(18-22)24-10-3-6-13-27(24)36(34,35)32-17-16-21(20-32)14-15-28(33)30-26-12-5-4-11-25(26)29/h3-18,20H,19,29H2,1-2H3,(H,30,33). The lowest BCUT2D eigenvalue weighted by molar-refractivity contribution is -0.111. The summed E-state index contributed by atoms with van der Waals surface area (Å²) in [6.07, 6.45) is 5.84. The fraction of sp³-hybridized carbons (Fsp3) is 0.107. The van der Waals surface area contributed by atoms with Crippen LogP contribution < -0.4 is 11.1 Å². The zero-order valence-corrected chi connectivity index (χ0v) is 20.9. The SMILES string of the molecule is CN(C)Cc1cccc(-c2ccccc2S(=O)(=O)n2ccc(C=CC(=O)Nc3ccccc3N)c2)c1. The molecular formula is C28H28N4O3S. The molecule has 3 aromatic carbocycles. The van der Waals surface area contributed by atoms with Gasteiger partial charge in [0.15, 0.2) is 0 Å². The van der Waals surface area contributed by atoms with Crippen LogP contribution in [0.2, 0.25) is 0 Å². The van der Waals surface area contributed by atoms with Crippen molar-refractivity contribution in [3.63, 3.8) is 0 Å². The van der Waals surface area contributed by atoms with Crippen molar-refractivity contribution in [2.45, 2.75) is 11.4 Å². The van der Waals surface area contributed by atoms with Gasteiger partial charge in [-0.2, -0.15) is 0 Å². The third-order valence-electron chi connectivity index (χ3n) is 5.52. The van der Waals surface area contributed by atoms with Crippen molar-refractivity contribution in [1.82, 2.24) is 8.87 Å². The first-order valence-electron chi connectivity index (χ1n) is 11.3. The van der Waals surface area contributed by atoms with Crippen LogP contribution in [0.3, 0.4) is 0 Å². The Balaban J connectivity index is 1.58. The van der Waals surface area contributed by atoms with Gasteiger partial charge in [-0.3, -0.25) is 4.79 Å². The molecule has 0 saturated carbocycles. The minimum atomic E-state index is -3.87. The fourth-order valence-electron chi connectivity index (χ4n) is 3.84. The number of nitrogens with two attached hydrogens (primary N) is 1. The topological polar surface area (TPSA) is 97.4 Å². The normalized spacial score (nSPS) is 11.8. The lowest BCUT2D eigenvalue weighted by Crippen LogP contribution is -2.12. The Morgan fingerprint density at radius 1 is 1.00 bits per heavy atom. The molecule has 0 aliphatic rings. The molecule has 0 atom stereocenters. The van der Waals surface area contributed by atoms with Crippen LogP contribution in [-0.4, -0.2) is 37.3 Å². The number of benzene rings is 3. The number of carbonyl (C=O) groups is 1. The van der Waals surface area contributed by atoms with Crippen LogP contribution in [0.5, 0.6) is 0 Å². The molecule has 0 aliphatic heterocycles. The predicted molar refractivity (Wildman–Crippen MR) is 145 cm³/mol. The summed E-state index contributed by atoms with van der Waals surface area (Å²) >= 11 is 0. The third-order valence-corrected chi connectivity index (χ3v) is 7.21. The van der Waals surface area contributed by atoms with Gasteiger partial charge in [-0.15, -0.1) is 0 Å². The highest BCUT2D eigenvalue weighted by Gasteiger charge is 2.21. The molecule has 184 valence electrons.